The minimum atomic E-state index is -0.559. The number of fused-ring (bicyclic) bond motifs is 1. The molecule has 2 aromatic carbocycles. The van der Waals surface area contributed by atoms with Gasteiger partial charge in [-0.15, -0.1) is 0 Å². The Morgan fingerprint density at radius 2 is 1.68 bits per heavy atom. The van der Waals surface area contributed by atoms with Crippen LogP contribution in [0.25, 0.3) is 22.1 Å². The summed E-state index contributed by atoms with van der Waals surface area (Å²) in [6, 6.07) is 16.8. The van der Waals surface area contributed by atoms with Gasteiger partial charge in [0.2, 0.25) is 0 Å². The van der Waals surface area contributed by atoms with Crippen LogP contribution in [0.3, 0.4) is 0 Å². The molecule has 0 amide bonds. The molecule has 0 aliphatic carbocycles. The number of Topliss-reactive ketones (excluding diaryl/α,β-unsaturated/α-hetero) is 1. The molecule has 0 fully saturated rings. The normalized spacial score (nSPS) is 10.8. The van der Waals surface area contributed by atoms with Gasteiger partial charge in [0, 0.05) is 17.4 Å². The summed E-state index contributed by atoms with van der Waals surface area (Å²) in [6.45, 7) is 1.92. The highest BCUT2D eigenvalue weighted by Gasteiger charge is 2.21. The molecule has 0 saturated carbocycles. The minimum absolute atomic E-state index is 0.159. The highest BCUT2D eigenvalue weighted by molar-refractivity contribution is 6.08. The molecular formula is C19H16O3. The van der Waals surface area contributed by atoms with Crippen molar-refractivity contribution in [3.63, 3.8) is 0 Å². The fraction of sp³-hybridized carbons (Fsp3) is 0.158. The maximum Gasteiger partial charge on any atom is 0.347 e. The zero-order chi connectivity index (χ0) is 15.5. The molecule has 1 aromatic heterocycles. The molecule has 0 unspecified atom stereocenters. The molecule has 0 bridgehead atoms. The summed E-state index contributed by atoms with van der Waals surface area (Å²) in [5.74, 6) is -0.166. The number of rotatable bonds is 4. The lowest BCUT2D eigenvalue weighted by atomic mass is 9.94. The molecular weight excluding hydrogens is 276 g/mol. The van der Waals surface area contributed by atoms with E-state index < -0.39 is 5.63 Å². The standard InChI is InChI=1S/C19H16O3/c1-2-8-15(20)18-17(13-9-4-3-5-10-13)14-11-6-7-12-16(14)22-19(18)21/h3-7,9-12H,2,8H2,1H3. The Labute approximate surface area is 128 Å². The fourth-order valence-electron chi connectivity index (χ4n) is 2.66. The van der Waals surface area contributed by atoms with Crippen molar-refractivity contribution >= 4 is 16.8 Å². The predicted molar refractivity (Wildman–Crippen MR) is 87.2 cm³/mol. The first-order valence-electron chi connectivity index (χ1n) is 7.37. The van der Waals surface area contributed by atoms with Crippen molar-refractivity contribution < 1.29 is 9.21 Å². The van der Waals surface area contributed by atoms with Crippen molar-refractivity contribution in [3.8, 4) is 11.1 Å². The smallest absolute Gasteiger partial charge is 0.347 e. The molecule has 0 spiro atoms. The third kappa shape index (κ3) is 2.46. The van der Waals surface area contributed by atoms with E-state index in [2.05, 4.69) is 0 Å². The van der Waals surface area contributed by atoms with Crippen molar-refractivity contribution in [2.75, 3.05) is 0 Å². The molecule has 110 valence electrons. The van der Waals surface area contributed by atoms with E-state index in [9.17, 15) is 9.59 Å². The maximum absolute atomic E-state index is 12.4. The summed E-state index contributed by atoms with van der Waals surface area (Å²) in [5.41, 5.74) is 1.62. The number of benzene rings is 2. The van der Waals surface area contributed by atoms with Crippen molar-refractivity contribution in [3.05, 3.63) is 70.6 Å². The van der Waals surface area contributed by atoms with Crippen LogP contribution < -0.4 is 5.63 Å². The molecule has 0 aliphatic heterocycles. The molecule has 0 atom stereocenters. The van der Waals surface area contributed by atoms with Crippen molar-refractivity contribution in [2.45, 2.75) is 19.8 Å². The first kappa shape index (κ1) is 14.3. The van der Waals surface area contributed by atoms with Gasteiger partial charge in [-0.3, -0.25) is 4.79 Å². The minimum Gasteiger partial charge on any atom is -0.422 e. The summed E-state index contributed by atoms with van der Waals surface area (Å²) in [6.07, 6.45) is 1.03. The second-order valence-electron chi connectivity index (χ2n) is 5.17. The monoisotopic (exact) mass is 292 g/mol. The second kappa shape index (κ2) is 5.98. The highest BCUT2D eigenvalue weighted by Crippen LogP contribution is 2.31. The van der Waals surface area contributed by atoms with Gasteiger partial charge < -0.3 is 4.42 Å². The Kier molecular flexibility index (Phi) is 3.88. The Morgan fingerprint density at radius 1 is 1.00 bits per heavy atom. The Hall–Kier alpha value is -2.68. The van der Waals surface area contributed by atoms with Gasteiger partial charge in [-0.2, -0.15) is 0 Å². The van der Waals surface area contributed by atoms with E-state index in [0.717, 1.165) is 10.9 Å². The number of ketones is 1. The van der Waals surface area contributed by atoms with E-state index in [1.807, 2.05) is 55.5 Å². The lowest BCUT2D eigenvalue weighted by Crippen LogP contribution is -2.16. The van der Waals surface area contributed by atoms with Gasteiger partial charge in [-0.05, 0) is 18.1 Å². The predicted octanol–water partition coefficient (Wildman–Crippen LogP) is 4.44. The largest absolute Gasteiger partial charge is 0.422 e. The fourth-order valence-corrected chi connectivity index (χ4v) is 2.66. The van der Waals surface area contributed by atoms with Gasteiger partial charge in [-0.25, -0.2) is 4.79 Å². The van der Waals surface area contributed by atoms with Gasteiger partial charge in [0.15, 0.2) is 5.78 Å². The topological polar surface area (TPSA) is 47.3 Å². The van der Waals surface area contributed by atoms with Gasteiger partial charge in [0.05, 0.1) is 0 Å². The lowest BCUT2D eigenvalue weighted by Gasteiger charge is -2.11. The molecule has 1 heterocycles. The third-order valence-corrected chi connectivity index (χ3v) is 3.63. The molecule has 0 radical (unpaired) electrons. The van der Waals surface area contributed by atoms with Gasteiger partial charge in [0.25, 0.3) is 0 Å². The zero-order valence-corrected chi connectivity index (χ0v) is 12.3. The van der Waals surface area contributed by atoms with Gasteiger partial charge in [-0.1, -0.05) is 55.5 Å². The Morgan fingerprint density at radius 3 is 2.41 bits per heavy atom. The summed E-state index contributed by atoms with van der Waals surface area (Å²) in [5, 5.41) is 0.785. The number of para-hydroxylation sites is 1. The van der Waals surface area contributed by atoms with E-state index in [0.29, 0.717) is 24.0 Å². The Bertz CT molecular complexity index is 876. The molecule has 22 heavy (non-hydrogen) atoms. The molecule has 0 saturated heterocycles. The van der Waals surface area contributed by atoms with Crippen LogP contribution in [0.15, 0.2) is 63.8 Å². The van der Waals surface area contributed by atoms with Crippen LogP contribution in [-0.2, 0) is 0 Å². The molecule has 3 nitrogen and oxygen atoms in total. The summed E-state index contributed by atoms with van der Waals surface area (Å²) in [4.78, 5) is 24.8. The first-order chi connectivity index (χ1) is 10.7. The van der Waals surface area contributed by atoms with Crippen LogP contribution in [0, 0.1) is 0 Å². The van der Waals surface area contributed by atoms with Crippen LogP contribution in [0.4, 0.5) is 0 Å². The van der Waals surface area contributed by atoms with Crippen LogP contribution >= 0.6 is 0 Å². The third-order valence-electron chi connectivity index (χ3n) is 3.63. The number of carbonyl (C=O) groups excluding carboxylic acids is 1. The van der Waals surface area contributed by atoms with E-state index in [1.165, 1.54) is 0 Å². The SMILES string of the molecule is CCCC(=O)c1c(-c2ccccc2)c2ccccc2oc1=O. The van der Waals surface area contributed by atoms with Crippen LogP contribution in [0.5, 0.6) is 0 Å². The molecule has 3 heteroatoms. The molecule has 3 aromatic rings. The van der Waals surface area contributed by atoms with E-state index in [1.54, 1.807) is 6.07 Å². The number of hydrogen-bond donors (Lipinski definition) is 0. The second-order valence-corrected chi connectivity index (χ2v) is 5.17. The van der Waals surface area contributed by atoms with E-state index in [-0.39, 0.29) is 11.3 Å². The number of hydrogen-bond acceptors (Lipinski definition) is 3. The van der Waals surface area contributed by atoms with E-state index >= 15 is 0 Å². The average molecular weight is 292 g/mol. The molecule has 3 rings (SSSR count). The van der Waals surface area contributed by atoms with Crippen molar-refractivity contribution in [2.24, 2.45) is 0 Å². The quantitative estimate of drug-likeness (QED) is 0.527. The van der Waals surface area contributed by atoms with E-state index in [4.69, 9.17) is 4.42 Å². The van der Waals surface area contributed by atoms with Crippen molar-refractivity contribution in [1.82, 2.24) is 0 Å². The number of carbonyl (C=O) groups is 1. The van der Waals surface area contributed by atoms with Gasteiger partial charge in [0.1, 0.15) is 11.1 Å². The van der Waals surface area contributed by atoms with Crippen LogP contribution in [-0.4, -0.2) is 5.78 Å². The van der Waals surface area contributed by atoms with Crippen LogP contribution in [0.2, 0.25) is 0 Å². The summed E-state index contributed by atoms with van der Waals surface area (Å²) >= 11 is 0. The van der Waals surface area contributed by atoms with Crippen LogP contribution in [0.1, 0.15) is 30.1 Å². The first-order valence-corrected chi connectivity index (χ1v) is 7.37. The summed E-state index contributed by atoms with van der Waals surface area (Å²) in [7, 11) is 0. The van der Waals surface area contributed by atoms with Gasteiger partial charge >= 0.3 is 5.63 Å². The average Bonchev–Trinajstić information content (AvgIpc) is 2.54. The lowest BCUT2D eigenvalue weighted by molar-refractivity contribution is 0.0979. The molecule has 0 N–H and O–H groups in total. The maximum atomic E-state index is 12.4. The Balaban J connectivity index is 2.41. The zero-order valence-electron chi connectivity index (χ0n) is 12.3. The summed E-state index contributed by atoms with van der Waals surface area (Å²) < 4.78 is 5.35. The van der Waals surface area contributed by atoms with Crippen molar-refractivity contribution in [1.29, 1.82) is 0 Å². The molecule has 0 aliphatic rings. The highest BCUT2D eigenvalue weighted by atomic mass is 16.4.